The van der Waals surface area contributed by atoms with Crippen molar-refractivity contribution < 1.29 is 18.1 Å². The number of hydrogen-bond donors (Lipinski definition) is 1. The Morgan fingerprint density at radius 3 is 2.60 bits per heavy atom. The summed E-state index contributed by atoms with van der Waals surface area (Å²) in [4.78, 5) is 24.0. The zero-order valence-electron chi connectivity index (χ0n) is 13.2. The van der Waals surface area contributed by atoms with Crippen LogP contribution in [0.1, 0.15) is 0 Å². The number of amides is 1. The van der Waals surface area contributed by atoms with Crippen LogP contribution in [0.4, 0.5) is 16.4 Å². The van der Waals surface area contributed by atoms with Crippen LogP contribution in [0.3, 0.4) is 0 Å². The predicted molar refractivity (Wildman–Crippen MR) is 100 cm³/mol. The van der Waals surface area contributed by atoms with Gasteiger partial charge in [-0.15, -0.1) is 0 Å². The van der Waals surface area contributed by atoms with E-state index in [0.29, 0.717) is 10.2 Å². The second-order valence-corrected chi connectivity index (χ2v) is 9.30. The van der Waals surface area contributed by atoms with E-state index in [1.54, 1.807) is 24.3 Å². The Hall–Kier alpha value is -1.98. The van der Waals surface area contributed by atoms with E-state index < -0.39 is 20.7 Å². The molecule has 0 aliphatic carbocycles. The van der Waals surface area contributed by atoms with Crippen LogP contribution in [0, 0.1) is 10.1 Å². The standard InChI is InChI=1S/C14H14BrN3O5S2/c1-17(8-12(19)16-10-6-4-3-5-9(10)15)14-11(18(20)21)7-13(24-14)25(2,22)23/h3-7H,8H2,1-2H3,(H,16,19). The molecule has 0 spiro atoms. The molecule has 1 aromatic carbocycles. The molecule has 0 saturated carbocycles. The Kier molecular flexibility index (Phi) is 5.80. The number of anilines is 2. The summed E-state index contributed by atoms with van der Waals surface area (Å²) < 4.78 is 23.8. The van der Waals surface area contributed by atoms with E-state index in [1.165, 1.54) is 11.9 Å². The summed E-state index contributed by atoms with van der Waals surface area (Å²) in [5, 5.41) is 14.0. The molecular formula is C14H14BrN3O5S2. The van der Waals surface area contributed by atoms with E-state index in [0.717, 1.165) is 23.7 Å². The molecule has 0 unspecified atom stereocenters. The molecule has 2 rings (SSSR count). The number of nitro groups is 1. The highest BCUT2D eigenvalue weighted by Gasteiger charge is 2.26. The molecule has 8 nitrogen and oxygen atoms in total. The Morgan fingerprint density at radius 1 is 1.40 bits per heavy atom. The number of para-hydroxylation sites is 1. The van der Waals surface area contributed by atoms with E-state index in [2.05, 4.69) is 21.2 Å². The number of benzene rings is 1. The number of carbonyl (C=O) groups is 1. The second kappa shape index (κ2) is 7.50. The molecule has 0 atom stereocenters. The molecule has 1 aromatic heterocycles. The molecule has 0 radical (unpaired) electrons. The van der Waals surface area contributed by atoms with Crippen molar-refractivity contribution in [1.29, 1.82) is 0 Å². The maximum atomic E-state index is 12.2. The molecule has 0 aliphatic rings. The van der Waals surface area contributed by atoms with Crippen molar-refractivity contribution in [3.8, 4) is 0 Å². The van der Waals surface area contributed by atoms with Crippen molar-refractivity contribution in [2.75, 3.05) is 30.1 Å². The number of thiophene rings is 1. The first kappa shape index (κ1) is 19.3. The fourth-order valence-corrected chi connectivity index (χ4v) is 4.35. The first-order valence-electron chi connectivity index (χ1n) is 6.83. The molecule has 0 saturated heterocycles. The summed E-state index contributed by atoms with van der Waals surface area (Å²) in [6.45, 7) is -0.175. The van der Waals surface area contributed by atoms with Crippen LogP contribution in [0.5, 0.6) is 0 Å². The fraction of sp³-hybridized carbons (Fsp3) is 0.214. The van der Waals surface area contributed by atoms with Gasteiger partial charge in [0.25, 0.3) is 0 Å². The highest BCUT2D eigenvalue weighted by molar-refractivity contribution is 9.10. The van der Waals surface area contributed by atoms with Crippen LogP contribution >= 0.6 is 27.3 Å². The van der Waals surface area contributed by atoms with Crippen LogP contribution in [-0.4, -0.2) is 39.1 Å². The van der Waals surface area contributed by atoms with Gasteiger partial charge in [-0.05, 0) is 28.1 Å². The number of hydrogen-bond acceptors (Lipinski definition) is 7. The van der Waals surface area contributed by atoms with Crippen molar-refractivity contribution in [2.45, 2.75) is 4.21 Å². The van der Waals surface area contributed by atoms with Gasteiger partial charge in [0.15, 0.2) is 14.8 Å². The second-order valence-electron chi connectivity index (χ2n) is 5.17. The Labute approximate surface area is 156 Å². The van der Waals surface area contributed by atoms with Gasteiger partial charge in [-0.25, -0.2) is 8.42 Å². The maximum absolute atomic E-state index is 12.2. The highest BCUT2D eigenvalue weighted by atomic mass is 79.9. The van der Waals surface area contributed by atoms with Crippen molar-refractivity contribution in [2.24, 2.45) is 0 Å². The van der Waals surface area contributed by atoms with Gasteiger partial charge in [0.05, 0.1) is 17.2 Å². The first-order valence-corrected chi connectivity index (χ1v) is 10.3. The Morgan fingerprint density at radius 2 is 2.04 bits per heavy atom. The smallest absolute Gasteiger partial charge is 0.305 e. The summed E-state index contributed by atoms with van der Waals surface area (Å²) in [7, 11) is -2.08. The van der Waals surface area contributed by atoms with Crippen LogP contribution < -0.4 is 10.2 Å². The summed E-state index contributed by atoms with van der Waals surface area (Å²) >= 11 is 4.07. The fourth-order valence-electron chi connectivity index (χ4n) is 1.98. The minimum absolute atomic E-state index is 0.104. The molecule has 1 heterocycles. The summed E-state index contributed by atoms with van der Waals surface area (Å²) in [5.74, 6) is -0.391. The van der Waals surface area contributed by atoms with E-state index in [1.807, 2.05) is 0 Å². The number of nitrogens with zero attached hydrogens (tertiary/aromatic N) is 2. The number of halogens is 1. The lowest BCUT2D eigenvalue weighted by Crippen LogP contribution is -2.30. The molecule has 2 aromatic rings. The quantitative estimate of drug-likeness (QED) is 0.538. The van der Waals surface area contributed by atoms with E-state index in [9.17, 15) is 23.3 Å². The lowest BCUT2D eigenvalue weighted by molar-refractivity contribution is -0.383. The third-order valence-corrected chi connectivity index (χ3v) is 6.84. The Balaban J connectivity index is 2.21. The summed E-state index contributed by atoms with van der Waals surface area (Å²) in [5.41, 5.74) is 0.222. The number of sulfone groups is 1. The molecule has 25 heavy (non-hydrogen) atoms. The summed E-state index contributed by atoms with van der Waals surface area (Å²) in [6, 6.07) is 8.04. The largest absolute Gasteiger partial charge is 0.352 e. The third-order valence-electron chi connectivity index (χ3n) is 3.11. The highest BCUT2D eigenvalue weighted by Crippen LogP contribution is 2.39. The topological polar surface area (TPSA) is 110 Å². The average molecular weight is 448 g/mol. The minimum atomic E-state index is -3.57. The van der Waals surface area contributed by atoms with Crippen molar-refractivity contribution in [3.05, 3.63) is 44.9 Å². The van der Waals surface area contributed by atoms with Crippen LogP contribution in [-0.2, 0) is 14.6 Å². The van der Waals surface area contributed by atoms with Gasteiger partial charge in [-0.3, -0.25) is 14.9 Å². The maximum Gasteiger partial charge on any atom is 0.305 e. The Bertz CT molecular complexity index is 926. The molecule has 1 N–H and O–H groups in total. The van der Waals surface area contributed by atoms with Gasteiger partial charge in [0, 0.05) is 23.8 Å². The van der Waals surface area contributed by atoms with E-state index in [-0.39, 0.29) is 21.4 Å². The average Bonchev–Trinajstić information content (AvgIpc) is 2.95. The number of likely N-dealkylation sites (N-methyl/N-ethyl adjacent to an activating group) is 1. The van der Waals surface area contributed by atoms with Gasteiger partial charge < -0.3 is 10.2 Å². The molecular weight excluding hydrogens is 434 g/mol. The van der Waals surface area contributed by atoms with E-state index in [4.69, 9.17) is 0 Å². The van der Waals surface area contributed by atoms with Crippen LogP contribution in [0.2, 0.25) is 0 Å². The molecule has 0 aliphatic heterocycles. The molecule has 0 bridgehead atoms. The lowest BCUT2D eigenvalue weighted by Gasteiger charge is -2.16. The molecule has 0 fully saturated rings. The lowest BCUT2D eigenvalue weighted by atomic mass is 10.3. The number of carbonyl (C=O) groups excluding carboxylic acids is 1. The first-order chi connectivity index (χ1) is 11.6. The van der Waals surface area contributed by atoms with Crippen molar-refractivity contribution in [1.82, 2.24) is 0 Å². The molecule has 1 amide bonds. The monoisotopic (exact) mass is 447 g/mol. The van der Waals surface area contributed by atoms with Crippen LogP contribution in [0.25, 0.3) is 0 Å². The van der Waals surface area contributed by atoms with Crippen molar-refractivity contribution in [3.63, 3.8) is 0 Å². The van der Waals surface area contributed by atoms with Crippen LogP contribution in [0.15, 0.2) is 39.0 Å². The number of nitrogens with one attached hydrogen (secondary N) is 1. The minimum Gasteiger partial charge on any atom is -0.352 e. The summed E-state index contributed by atoms with van der Waals surface area (Å²) in [6.07, 6.45) is 0.978. The van der Waals surface area contributed by atoms with Gasteiger partial charge in [-0.2, -0.15) is 0 Å². The van der Waals surface area contributed by atoms with Gasteiger partial charge >= 0.3 is 5.69 Å². The zero-order valence-corrected chi connectivity index (χ0v) is 16.4. The van der Waals surface area contributed by atoms with Gasteiger partial charge in [0.1, 0.15) is 4.21 Å². The van der Waals surface area contributed by atoms with Crippen molar-refractivity contribution >= 4 is 59.4 Å². The third kappa shape index (κ3) is 4.77. The SMILES string of the molecule is CN(CC(=O)Nc1ccccc1Br)c1sc(S(C)(=O)=O)cc1[N+](=O)[O-]. The van der Waals surface area contributed by atoms with Gasteiger partial charge in [-0.1, -0.05) is 23.5 Å². The molecule has 11 heteroatoms. The zero-order chi connectivity index (χ0) is 18.8. The predicted octanol–water partition coefficient (Wildman–Crippen LogP) is 2.90. The normalized spacial score (nSPS) is 11.2. The van der Waals surface area contributed by atoms with Gasteiger partial charge in [0.2, 0.25) is 5.91 Å². The van der Waals surface area contributed by atoms with E-state index >= 15 is 0 Å². The number of rotatable bonds is 6. The molecule has 134 valence electrons.